The van der Waals surface area contributed by atoms with Crippen LogP contribution in [0.2, 0.25) is 0 Å². The maximum absolute atomic E-state index is 12.4. The number of hydrogen-bond acceptors (Lipinski definition) is 4. The van der Waals surface area contributed by atoms with Gasteiger partial charge in [0.15, 0.2) is 0 Å². The molecule has 1 unspecified atom stereocenters. The second-order valence-corrected chi connectivity index (χ2v) is 7.76. The minimum atomic E-state index is -3.51. The molecule has 4 nitrogen and oxygen atoms in total. The molecule has 1 rings (SSSR count). The van der Waals surface area contributed by atoms with Crippen LogP contribution in [-0.2, 0) is 10.0 Å². The molecule has 0 radical (unpaired) electrons. The zero-order chi connectivity index (χ0) is 14.8. The number of nitrogens with two attached hydrogens (primary N) is 1. The lowest BCUT2D eigenvalue weighted by Crippen LogP contribution is -2.30. The van der Waals surface area contributed by atoms with Crippen LogP contribution >= 0.6 is 11.8 Å². The summed E-state index contributed by atoms with van der Waals surface area (Å²) in [7, 11) is -3.51. The molecule has 0 bridgehead atoms. The maximum atomic E-state index is 12.4. The third-order valence-corrected chi connectivity index (χ3v) is 5.88. The van der Waals surface area contributed by atoms with Gasteiger partial charge >= 0.3 is 0 Å². The highest BCUT2D eigenvalue weighted by molar-refractivity contribution is 7.99. The van der Waals surface area contributed by atoms with Crippen molar-refractivity contribution in [3.05, 3.63) is 22.8 Å². The summed E-state index contributed by atoms with van der Waals surface area (Å²) in [6, 6.07) is 1.81. The molecule has 0 aliphatic carbocycles. The quantitative estimate of drug-likeness (QED) is 0.818. The fourth-order valence-electron chi connectivity index (χ4n) is 1.98. The maximum Gasteiger partial charge on any atom is 0.241 e. The molecule has 1 aromatic carbocycles. The van der Waals surface area contributed by atoms with Crippen molar-refractivity contribution in [1.82, 2.24) is 4.72 Å². The molecule has 0 saturated heterocycles. The highest BCUT2D eigenvalue weighted by atomic mass is 32.2. The fraction of sp³-hybridized carbons (Fsp3) is 0.538. The summed E-state index contributed by atoms with van der Waals surface area (Å²) in [5.41, 5.74) is 8.74. The van der Waals surface area contributed by atoms with Gasteiger partial charge in [0, 0.05) is 17.5 Å². The van der Waals surface area contributed by atoms with Crippen molar-refractivity contribution in [3.63, 3.8) is 0 Å². The minimum absolute atomic E-state index is 0.234. The smallest absolute Gasteiger partial charge is 0.241 e. The number of rotatable bonds is 5. The summed E-state index contributed by atoms with van der Waals surface area (Å²) in [5, 5.41) is 0.234. The Bertz CT molecular complexity index is 568. The molecular formula is C13H22N2O2S2. The molecule has 19 heavy (non-hydrogen) atoms. The summed E-state index contributed by atoms with van der Waals surface area (Å²) < 4.78 is 27.4. The van der Waals surface area contributed by atoms with Gasteiger partial charge in [-0.05, 0) is 43.7 Å². The second-order valence-electron chi connectivity index (χ2n) is 4.78. The normalized spacial score (nSPS) is 13.5. The Hall–Kier alpha value is -0.720. The van der Waals surface area contributed by atoms with Gasteiger partial charge in [0.2, 0.25) is 10.0 Å². The molecule has 1 atom stereocenters. The molecule has 0 amide bonds. The summed E-state index contributed by atoms with van der Waals surface area (Å²) in [6.07, 6.45) is 1.96. The Balaban J connectivity index is 3.19. The van der Waals surface area contributed by atoms with E-state index in [2.05, 4.69) is 4.72 Å². The van der Waals surface area contributed by atoms with E-state index in [1.807, 2.05) is 26.2 Å². The van der Waals surface area contributed by atoms with Crippen LogP contribution in [0.3, 0.4) is 0 Å². The minimum Gasteiger partial charge on any atom is -0.398 e. The Morgan fingerprint density at radius 3 is 2.42 bits per heavy atom. The largest absolute Gasteiger partial charge is 0.398 e. The van der Waals surface area contributed by atoms with Crippen LogP contribution in [0.5, 0.6) is 0 Å². The predicted octanol–water partition coefficient (Wildman–Crippen LogP) is 2.22. The Labute approximate surface area is 120 Å². The van der Waals surface area contributed by atoms with Gasteiger partial charge in [-0.2, -0.15) is 11.8 Å². The second kappa shape index (κ2) is 6.15. The van der Waals surface area contributed by atoms with Crippen LogP contribution in [0.15, 0.2) is 11.0 Å². The predicted molar refractivity (Wildman–Crippen MR) is 83.2 cm³/mol. The molecule has 0 heterocycles. The molecule has 0 fully saturated rings. The lowest BCUT2D eigenvalue weighted by atomic mass is 10.1. The van der Waals surface area contributed by atoms with Crippen LogP contribution in [0, 0.1) is 20.8 Å². The first-order valence-electron chi connectivity index (χ1n) is 6.09. The number of aryl methyl sites for hydroxylation is 2. The van der Waals surface area contributed by atoms with Crippen LogP contribution in [0.4, 0.5) is 5.69 Å². The van der Waals surface area contributed by atoms with Crippen molar-refractivity contribution in [2.75, 3.05) is 18.5 Å². The number of thioether (sulfide) groups is 1. The van der Waals surface area contributed by atoms with Gasteiger partial charge in [0.1, 0.15) is 0 Å². The highest BCUT2D eigenvalue weighted by Crippen LogP contribution is 2.27. The summed E-state index contributed by atoms with van der Waals surface area (Å²) in [5.74, 6) is 0. The third kappa shape index (κ3) is 3.64. The number of benzene rings is 1. The van der Waals surface area contributed by atoms with E-state index in [9.17, 15) is 8.42 Å². The van der Waals surface area contributed by atoms with Crippen LogP contribution in [-0.4, -0.2) is 26.5 Å². The van der Waals surface area contributed by atoms with Crippen LogP contribution in [0.1, 0.15) is 23.6 Å². The molecular weight excluding hydrogens is 280 g/mol. The lowest BCUT2D eigenvalue weighted by Gasteiger charge is -2.16. The van der Waals surface area contributed by atoms with E-state index < -0.39 is 10.0 Å². The van der Waals surface area contributed by atoms with Crippen LogP contribution in [0.25, 0.3) is 0 Å². The molecule has 0 spiro atoms. The molecule has 0 aromatic heterocycles. The summed E-state index contributed by atoms with van der Waals surface area (Å²) in [6.45, 7) is 7.83. The first-order chi connectivity index (χ1) is 8.70. The Morgan fingerprint density at radius 2 is 1.89 bits per heavy atom. The van der Waals surface area contributed by atoms with Gasteiger partial charge in [-0.15, -0.1) is 0 Å². The zero-order valence-electron chi connectivity index (χ0n) is 12.1. The Morgan fingerprint density at radius 1 is 1.32 bits per heavy atom. The summed E-state index contributed by atoms with van der Waals surface area (Å²) in [4.78, 5) is 0.309. The van der Waals surface area contributed by atoms with E-state index in [0.717, 1.165) is 11.1 Å². The van der Waals surface area contributed by atoms with E-state index >= 15 is 0 Å². The average molecular weight is 302 g/mol. The van der Waals surface area contributed by atoms with Gasteiger partial charge in [-0.3, -0.25) is 0 Å². The third-order valence-electron chi connectivity index (χ3n) is 3.19. The molecule has 3 N–H and O–H groups in total. The number of hydrogen-bond donors (Lipinski definition) is 2. The molecule has 0 saturated carbocycles. The zero-order valence-corrected chi connectivity index (χ0v) is 13.7. The van der Waals surface area contributed by atoms with E-state index in [1.165, 1.54) is 0 Å². The van der Waals surface area contributed by atoms with E-state index in [-0.39, 0.29) is 5.25 Å². The number of anilines is 1. The topological polar surface area (TPSA) is 72.2 Å². The number of nitrogens with one attached hydrogen (secondary N) is 1. The van der Waals surface area contributed by atoms with Gasteiger partial charge in [-0.1, -0.05) is 13.0 Å². The van der Waals surface area contributed by atoms with E-state index in [0.29, 0.717) is 22.7 Å². The number of nitrogen functional groups attached to an aromatic ring is 1. The van der Waals surface area contributed by atoms with Crippen molar-refractivity contribution < 1.29 is 8.42 Å². The molecule has 0 aliphatic rings. The first-order valence-corrected chi connectivity index (χ1v) is 8.86. The molecule has 6 heteroatoms. The SMILES string of the molecule is CSC(C)CNS(=O)(=O)c1c(C)cc(C)c(N)c1C. The van der Waals surface area contributed by atoms with E-state index in [4.69, 9.17) is 5.73 Å². The average Bonchev–Trinajstić information content (AvgIpc) is 2.33. The molecule has 0 aliphatic heterocycles. The molecule has 108 valence electrons. The monoisotopic (exact) mass is 302 g/mol. The first kappa shape index (κ1) is 16.3. The van der Waals surface area contributed by atoms with Gasteiger partial charge in [0.05, 0.1) is 4.90 Å². The van der Waals surface area contributed by atoms with Crippen molar-refractivity contribution >= 4 is 27.5 Å². The van der Waals surface area contributed by atoms with Crippen molar-refractivity contribution in [3.8, 4) is 0 Å². The molecule has 1 aromatic rings. The summed E-state index contributed by atoms with van der Waals surface area (Å²) >= 11 is 1.62. The highest BCUT2D eigenvalue weighted by Gasteiger charge is 2.22. The lowest BCUT2D eigenvalue weighted by molar-refractivity contribution is 0.580. The van der Waals surface area contributed by atoms with Gasteiger partial charge in [0.25, 0.3) is 0 Å². The number of sulfonamides is 1. The van der Waals surface area contributed by atoms with Crippen molar-refractivity contribution in [2.24, 2.45) is 0 Å². The standard InChI is InChI=1S/C13H22N2O2S2/c1-8-6-9(2)13(11(4)12(8)14)19(16,17)15-7-10(3)18-5/h6,10,15H,7,14H2,1-5H3. The van der Waals surface area contributed by atoms with Gasteiger partial charge in [-0.25, -0.2) is 13.1 Å². The Kier molecular flexibility index (Phi) is 5.29. The van der Waals surface area contributed by atoms with Gasteiger partial charge < -0.3 is 5.73 Å². The van der Waals surface area contributed by atoms with Crippen molar-refractivity contribution in [1.29, 1.82) is 0 Å². The fourth-order valence-corrected chi connectivity index (χ4v) is 3.94. The van der Waals surface area contributed by atoms with Crippen LogP contribution < -0.4 is 10.5 Å². The van der Waals surface area contributed by atoms with Crippen molar-refractivity contribution in [2.45, 2.75) is 37.8 Å². The van der Waals surface area contributed by atoms with E-state index in [1.54, 1.807) is 25.6 Å².